The van der Waals surface area contributed by atoms with E-state index in [0.717, 1.165) is 36.8 Å². The smallest absolute Gasteiger partial charge is 0.265 e. The molecule has 4 aromatic carbocycles. The van der Waals surface area contributed by atoms with Crippen LogP contribution in [0.15, 0.2) is 112 Å². The van der Waals surface area contributed by atoms with Crippen molar-refractivity contribution in [2.24, 2.45) is 4.99 Å². The summed E-state index contributed by atoms with van der Waals surface area (Å²) >= 11 is 0. The monoisotopic (exact) mass is 694 g/mol. The second-order valence-corrected chi connectivity index (χ2v) is 17.1. The van der Waals surface area contributed by atoms with Crippen molar-refractivity contribution in [3.8, 4) is 0 Å². The van der Waals surface area contributed by atoms with E-state index in [1.165, 1.54) is 14.7 Å². The van der Waals surface area contributed by atoms with Gasteiger partial charge in [-0.05, 0) is 87.1 Å². The highest BCUT2D eigenvalue weighted by Gasteiger charge is 2.45. The Morgan fingerprint density at radius 2 is 1.29 bits per heavy atom. The van der Waals surface area contributed by atoms with Crippen molar-refractivity contribution in [3.05, 3.63) is 119 Å². The first kappa shape index (κ1) is 31.8. The van der Waals surface area contributed by atoms with Crippen molar-refractivity contribution in [2.45, 2.75) is 86.3 Å². The summed E-state index contributed by atoms with van der Waals surface area (Å²) in [5.41, 5.74) is 3.81. The number of fused-ring (bicyclic) bond motifs is 3. The van der Waals surface area contributed by atoms with Gasteiger partial charge in [-0.25, -0.2) is 16.8 Å². The third-order valence-electron chi connectivity index (χ3n) is 10.4. The number of hydrogen-bond donors (Lipinski definition) is 0. The summed E-state index contributed by atoms with van der Waals surface area (Å²) in [5, 5.41) is 0. The molecule has 0 saturated heterocycles. The molecule has 3 heterocycles. The highest BCUT2D eigenvalue weighted by atomic mass is 32.2. The number of para-hydroxylation sites is 2. The molecular weight excluding hydrogens is 657 g/mol. The summed E-state index contributed by atoms with van der Waals surface area (Å²) in [5.74, 6) is -0.0799. The summed E-state index contributed by atoms with van der Waals surface area (Å²) in [6.45, 7) is 3.78. The highest BCUT2D eigenvalue weighted by molar-refractivity contribution is 7.93. The van der Waals surface area contributed by atoms with Crippen LogP contribution in [-0.4, -0.2) is 57.6 Å². The Labute approximate surface area is 288 Å². The molecule has 4 aliphatic rings. The molecule has 49 heavy (non-hydrogen) atoms. The van der Waals surface area contributed by atoms with Gasteiger partial charge in [-0.1, -0.05) is 73.5 Å². The van der Waals surface area contributed by atoms with E-state index in [4.69, 9.17) is 4.99 Å². The summed E-state index contributed by atoms with van der Waals surface area (Å²) in [7, 11) is -8.07. The standard InChI is InChI=1S/C38H38N4O5S2/c1-25-22-27-12-3-7-18-33(27)41(25)48(44,45)30-15-11-14-29(24-30)37-39-32-17-6-9-20-35(32)40(37)38(43)31-16-5-10-21-36(31)49(46,47)42-26(2)23-28-13-4-8-19-34(28)42/h3-5,7-8,10-16,18-19,21,24-26,32,35H,6,9,17,20,22-23H2,1-2H3/t25-,26-,32-,35-/m1/s1. The average Bonchev–Trinajstić information content (AvgIpc) is 3.78. The predicted octanol–water partition coefficient (Wildman–Crippen LogP) is 6.18. The molecule has 0 aromatic heterocycles. The largest absolute Gasteiger partial charge is 0.287 e. The first-order chi connectivity index (χ1) is 23.6. The van der Waals surface area contributed by atoms with Gasteiger partial charge < -0.3 is 0 Å². The van der Waals surface area contributed by atoms with Gasteiger partial charge in [-0.3, -0.25) is 23.3 Å². The van der Waals surface area contributed by atoms with Crippen LogP contribution in [0.4, 0.5) is 11.4 Å². The van der Waals surface area contributed by atoms with Crippen LogP contribution in [-0.2, 0) is 32.9 Å². The van der Waals surface area contributed by atoms with Crippen molar-refractivity contribution >= 4 is 43.2 Å². The first-order valence-electron chi connectivity index (χ1n) is 16.9. The molecular formula is C38H38N4O5S2. The van der Waals surface area contributed by atoms with Gasteiger partial charge in [0.2, 0.25) is 0 Å². The van der Waals surface area contributed by atoms with Crippen molar-refractivity contribution in [2.75, 3.05) is 8.61 Å². The molecule has 1 fully saturated rings. The lowest BCUT2D eigenvalue weighted by Crippen LogP contribution is -2.46. The highest BCUT2D eigenvalue weighted by Crippen LogP contribution is 2.40. The Kier molecular flexibility index (Phi) is 7.68. The van der Waals surface area contributed by atoms with Gasteiger partial charge in [0, 0.05) is 17.6 Å². The second-order valence-electron chi connectivity index (χ2n) is 13.5. The molecule has 9 nitrogen and oxygen atoms in total. The second kappa shape index (κ2) is 11.8. The van der Waals surface area contributed by atoms with E-state index in [1.807, 2.05) is 56.3 Å². The van der Waals surface area contributed by atoms with Crippen molar-refractivity contribution < 1.29 is 21.6 Å². The molecule has 0 radical (unpaired) electrons. The minimum absolute atomic E-state index is 0.0554. The van der Waals surface area contributed by atoms with Gasteiger partial charge in [-0.2, -0.15) is 0 Å². The van der Waals surface area contributed by atoms with E-state index < -0.39 is 26.0 Å². The molecule has 252 valence electrons. The van der Waals surface area contributed by atoms with Gasteiger partial charge in [0.05, 0.1) is 33.9 Å². The van der Waals surface area contributed by atoms with Crippen molar-refractivity contribution in [1.29, 1.82) is 0 Å². The topological polar surface area (TPSA) is 107 Å². The minimum atomic E-state index is -4.12. The van der Waals surface area contributed by atoms with Crippen LogP contribution in [0.3, 0.4) is 0 Å². The maximum atomic E-state index is 14.8. The van der Waals surface area contributed by atoms with Crippen LogP contribution in [0.1, 0.15) is 66.6 Å². The number of hydrogen-bond acceptors (Lipinski definition) is 6. The number of rotatable bonds is 6. The van der Waals surface area contributed by atoms with Crippen LogP contribution in [0.5, 0.6) is 0 Å². The molecule has 1 saturated carbocycles. The Bertz CT molecular complexity index is 2240. The van der Waals surface area contributed by atoms with Crippen LogP contribution in [0.2, 0.25) is 0 Å². The Balaban J connectivity index is 1.19. The fourth-order valence-corrected chi connectivity index (χ4v) is 11.8. The Hall–Kier alpha value is -4.48. The number of amidine groups is 1. The van der Waals surface area contributed by atoms with Gasteiger partial charge >= 0.3 is 0 Å². The molecule has 11 heteroatoms. The summed E-state index contributed by atoms with van der Waals surface area (Å²) in [6.07, 6.45) is 4.60. The normalized spacial score (nSPS) is 23.2. The number of carbonyl (C=O) groups excluding carboxylic acids is 1. The number of sulfonamides is 2. The van der Waals surface area contributed by atoms with E-state index in [2.05, 4.69) is 0 Å². The SMILES string of the molecule is C[C@@H]1Cc2ccccc2N1S(=O)(=O)c1cccc(C2=N[C@@H]3CCCC[C@H]3N2C(=O)c2ccccc2S(=O)(=O)N2c3ccccc3C[C@H]2C)c1. The van der Waals surface area contributed by atoms with E-state index >= 15 is 0 Å². The van der Waals surface area contributed by atoms with Crippen molar-refractivity contribution in [1.82, 2.24) is 4.90 Å². The molecule has 0 unspecified atom stereocenters. The zero-order valence-corrected chi connectivity index (χ0v) is 29.1. The molecule has 4 aromatic rings. The van der Waals surface area contributed by atoms with Crippen LogP contribution in [0.25, 0.3) is 0 Å². The third-order valence-corrected chi connectivity index (χ3v) is 14.3. The summed E-state index contributed by atoms with van der Waals surface area (Å²) in [6, 6.07) is 27.1. The average molecular weight is 695 g/mol. The minimum Gasteiger partial charge on any atom is -0.287 e. The number of carbonyl (C=O) groups is 1. The lowest BCUT2D eigenvalue weighted by Gasteiger charge is -2.32. The summed E-state index contributed by atoms with van der Waals surface area (Å²) in [4.78, 5) is 21.5. The number of benzene rings is 4. The quantitative estimate of drug-likeness (QED) is 0.240. The molecule has 3 aliphatic heterocycles. The van der Waals surface area contributed by atoms with Crippen LogP contribution in [0, 0.1) is 0 Å². The summed E-state index contributed by atoms with van der Waals surface area (Å²) < 4.78 is 60.2. The number of anilines is 2. The van der Waals surface area contributed by atoms with Gasteiger partial charge in [0.1, 0.15) is 10.7 Å². The van der Waals surface area contributed by atoms with Gasteiger partial charge in [-0.15, -0.1) is 0 Å². The fourth-order valence-electron chi connectivity index (χ4n) is 8.20. The lowest BCUT2D eigenvalue weighted by atomic mass is 9.90. The molecule has 4 atom stereocenters. The molecule has 1 aliphatic carbocycles. The Morgan fingerprint density at radius 1 is 0.694 bits per heavy atom. The van der Waals surface area contributed by atoms with E-state index in [9.17, 15) is 21.6 Å². The first-order valence-corrected chi connectivity index (χ1v) is 19.8. The molecule has 1 amide bonds. The Morgan fingerprint density at radius 3 is 1.98 bits per heavy atom. The van der Waals surface area contributed by atoms with E-state index in [0.29, 0.717) is 35.6 Å². The fraction of sp³-hybridized carbons (Fsp3) is 0.316. The van der Waals surface area contributed by atoms with E-state index in [1.54, 1.807) is 53.4 Å². The maximum absolute atomic E-state index is 14.8. The van der Waals surface area contributed by atoms with E-state index in [-0.39, 0.29) is 39.5 Å². The van der Waals surface area contributed by atoms with Gasteiger partial charge in [0.25, 0.3) is 26.0 Å². The van der Waals surface area contributed by atoms with Gasteiger partial charge in [0.15, 0.2) is 0 Å². The zero-order chi connectivity index (χ0) is 34.1. The molecule has 0 N–H and O–H groups in total. The number of aliphatic imine (C=N–C) groups is 1. The van der Waals surface area contributed by atoms with Crippen LogP contribution < -0.4 is 8.61 Å². The van der Waals surface area contributed by atoms with Crippen molar-refractivity contribution in [3.63, 3.8) is 0 Å². The third kappa shape index (κ3) is 5.08. The molecule has 8 rings (SSSR count). The number of amides is 1. The molecule has 0 spiro atoms. The molecule has 0 bridgehead atoms. The van der Waals surface area contributed by atoms with Crippen LogP contribution >= 0.6 is 0 Å². The lowest BCUT2D eigenvalue weighted by molar-refractivity contribution is 0.0782. The maximum Gasteiger partial charge on any atom is 0.265 e. The number of nitrogens with zero attached hydrogens (tertiary/aromatic N) is 4. The predicted molar refractivity (Wildman–Crippen MR) is 190 cm³/mol. The zero-order valence-electron chi connectivity index (χ0n) is 27.4.